The Morgan fingerprint density at radius 3 is 2.86 bits per heavy atom. The number of carbonyl (C=O) groups excluding carboxylic acids is 1. The number of likely N-dealkylation sites (N-methyl/N-ethyl adjacent to an activating group) is 1. The summed E-state index contributed by atoms with van der Waals surface area (Å²) in [6, 6.07) is 10.0. The van der Waals surface area contributed by atoms with E-state index in [4.69, 9.17) is 4.74 Å². The third-order valence-corrected chi connectivity index (χ3v) is 4.84. The zero-order chi connectivity index (χ0) is 15.4. The number of hydrogen-bond donors (Lipinski definition) is 0. The molecule has 4 nitrogen and oxygen atoms in total. The summed E-state index contributed by atoms with van der Waals surface area (Å²) in [5.41, 5.74) is 1.22. The molecule has 1 spiro atoms. The standard InChI is InChI=1S/C18H26N2O2/c1-19-10-11-22-15-18(13-19)8-5-9-20(14-18)17(21)12-16-6-3-2-4-7-16/h2-4,6-7H,5,8-15H2,1H3. The molecule has 4 heteroatoms. The molecular formula is C18H26N2O2. The second-order valence-corrected chi connectivity index (χ2v) is 6.87. The normalized spacial score (nSPS) is 26.9. The average molecular weight is 302 g/mol. The highest BCUT2D eigenvalue weighted by Gasteiger charge is 2.39. The van der Waals surface area contributed by atoms with Gasteiger partial charge in [-0.1, -0.05) is 30.3 Å². The Hall–Kier alpha value is -1.39. The summed E-state index contributed by atoms with van der Waals surface area (Å²) in [5, 5.41) is 0. The molecule has 0 aromatic heterocycles. The molecule has 1 unspecified atom stereocenters. The van der Waals surface area contributed by atoms with Gasteiger partial charge in [0.15, 0.2) is 0 Å². The number of amides is 1. The Kier molecular flexibility index (Phi) is 4.79. The monoisotopic (exact) mass is 302 g/mol. The van der Waals surface area contributed by atoms with Gasteiger partial charge in [0.1, 0.15) is 0 Å². The van der Waals surface area contributed by atoms with Crippen molar-refractivity contribution >= 4 is 5.91 Å². The van der Waals surface area contributed by atoms with Gasteiger partial charge >= 0.3 is 0 Å². The molecule has 22 heavy (non-hydrogen) atoms. The van der Waals surface area contributed by atoms with E-state index in [2.05, 4.69) is 16.8 Å². The van der Waals surface area contributed by atoms with Gasteiger partial charge in [-0.2, -0.15) is 0 Å². The Morgan fingerprint density at radius 1 is 1.23 bits per heavy atom. The van der Waals surface area contributed by atoms with Gasteiger partial charge in [-0.05, 0) is 25.5 Å². The number of piperidine rings is 1. The fourth-order valence-corrected chi connectivity index (χ4v) is 3.76. The van der Waals surface area contributed by atoms with E-state index >= 15 is 0 Å². The maximum atomic E-state index is 12.6. The topological polar surface area (TPSA) is 32.8 Å². The number of benzene rings is 1. The minimum Gasteiger partial charge on any atom is -0.379 e. The van der Waals surface area contributed by atoms with Crippen molar-refractivity contribution in [2.75, 3.05) is 46.4 Å². The van der Waals surface area contributed by atoms with E-state index in [-0.39, 0.29) is 11.3 Å². The maximum Gasteiger partial charge on any atom is 0.227 e. The van der Waals surface area contributed by atoms with Crippen LogP contribution in [0.2, 0.25) is 0 Å². The molecule has 0 saturated carbocycles. The van der Waals surface area contributed by atoms with Crippen LogP contribution in [0, 0.1) is 5.41 Å². The number of hydrogen-bond acceptors (Lipinski definition) is 3. The summed E-state index contributed by atoms with van der Waals surface area (Å²) in [6.45, 7) is 5.32. The fourth-order valence-electron chi connectivity index (χ4n) is 3.76. The van der Waals surface area contributed by atoms with E-state index in [0.717, 1.165) is 57.8 Å². The van der Waals surface area contributed by atoms with Crippen LogP contribution in [0.1, 0.15) is 18.4 Å². The third kappa shape index (κ3) is 3.68. The summed E-state index contributed by atoms with van der Waals surface area (Å²) < 4.78 is 5.82. The molecule has 1 amide bonds. The van der Waals surface area contributed by atoms with E-state index in [1.165, 1.54) is 0 Å². The number of nitrogens with zero attached hydrogens (tertiary/aromatic N) is 2. The van der Waals surface area contributed by atoms with Crippen molar-refractivity contribution in [3.05, 3.63) is 35.9 Å². The second-order valence-electron chi connectivity index (χ2n) is 6.87. The molecule has 0 aliphatic carbocycles. The predicted molar refractivity (Wildman–Crippen MR) is 86.7 cm³/mol. The van der Waals surface area contributed by atoms with Gasteiger partial charge in [-0.25, -0.2) is 0 Å². The Morgan fingerprint density at radius 2 is 2.05 bits per heavy atom. The van der Waals surface area contributed by atoms with Crippen LogP contribution >= 0.6 is 0 Å². The minimum absolute atomic E-state index is 0.121. The first-order valence-electron chi connectivity index (χ1n) is 8.25. The number of carbonyl (C=O) groups is 1. The molecule has 1 aromatic carbocycles. The Labute approximate surface area is 133 Å². The average Bonchev–Trinajstić information content (AvgIpc) is 2.69. The fraction of sp³-hybridized carbons (Fsp3) is 0.611. The molecule has 1 atom stereocenters. The lowest BCUT2D eigenvalue weighted by molar-refractivity contribution is -0.135. The first kappa shape index (κ1) is 15.5. The van der Waals surface area contributed by atoms with Gasteiger partial charge in [0, 0.05) is 31.6 Å². The second kappa shape index (κ2) is 6.80. The van der Waals surface area contributed by atoms with Crippen molar-refractivity contribution in [1.29, 1.82) is 0 Å². The summed E-state index contributed by atoms with van der Waals surface area (Å²) in [6.07, 6.45) is 2.75. The molecule has 2 aliphatic heterocycles. The lowest BCUT2D eigenvalue weighted by Crippen LogP contribution is -2.52. The van der Waals surface area contributed by atoms with Crippen LogP contribution in [0.4, 0.5) is 0 Å². The Bertz CT molecular complexity index is 505. The molecule has 2 fully saturated rings. The van der Waals surface area contributed by atoms with Gasteiger partial charge in [0.05, 0.1) is 19.6 Å². The van der Waals surface area contributed by atoms with Crippen molar-refractivity contribution in [1.82, 2.24) is 9.80 Å². The summed E-state index contributed by atoms with van der Waals surface area (Å²) in [4.78, 5) is 17.0. The van der Waals surface area contributed by atoms with E-state index < -0.39 is 0 Å². The number of ether oxygens (including phenoxy) is 1. The summed E-state index contributed by atoms with van der Waals surface area (Å²) >= 11 is 0. The van der Waals surface area contributed by atoms with Crippen LogP contribution in [0.5, 0.6) is 0 Å². The van der Waals surface area contributed by atoms with Crippen molar-refractivity contribution in [3.63, 3.8) is 0 Å². The third-order valence-electron chi connectivity index (χ3n) is 4.84. The number of rotatable bonds is 2. The molecule has 0 N–H and O–H groups in total. The van der Waals surface area contributed by atoms with Crippen molar-refractivity contribution in [2.24, 2.45) is 5.41 Å². The lowest BCUT2D eigenvalue weighted by Gasteiger charge is -2.43. The number of likely N-dealkylation sites (tertiary alicyclic amines) is 1. The summed E-state index contributed by atoms with van der Waals surface area (Å²) in [7, 11) is 2.15. The van der Waals surface area contributed by atoms with Crippen LogP contribution in [0.25, 0.3) is 0 Å². The van der Waals surface area contributed by atoms with Crippen LogP contribution in [-0.4, -0.2) is 62.1 Å². The van der Waals surface area contributed by atoms with Gasteiger partial charge in [-0.15, -0.1) is 0 Å². The van der Waals surface area contributed by atoms with Crippen LogP contribution in [0.3, 0.4) is 0 Å². The molecule has 120 valence electrons. The maximum absolute atomic E-state index is 12.6. The van der Waals surface area contributed by atoms with Gasteiger partial charge in [-0.3, -0.25) is 4.79 Å². The van der Waals surface area contributed by atoms with Crippen LogP contribution in [-0.2, 0) is 16.0 Å². The predicted octanol–water partition coefficient (Wildman–Crippen LogP) is 1.80. The van der Waals surface area contributed by atoms with Crippen LogP contribution < -0.4 is 0 Å². The quantitative estimate of drug-likeness (QED) is 0.835. The molecule has 0 radical (unpaired) electrons. The first-order valence-corrected chi connectivity index (χ1v) is 8.25. The van der Waals surface area contributed by atoms with E-state index in [0.29, 0.717) is 6.42 Å². The minimum atomic E-state index is 0.121. The highest BCUT2D eigenvalue weighted by molar-refractivity contribution is 5.78. The van der Waals surface area contributed by atoms with Crippen molar-refractivity contribution < 1.29 is 9.53 Å². The van der Waals surface area contributed by atoms with E-state index in [1.54, 1.807) is 0 Å². The van der Waals surface area contributed by atoms with Gasteiger partial charge < -0.3 is 14.5 Å². The molecule has 2 saturated heterocycles. The highest BCUT2D eigenvalue weighted by atomic mass is 16.5. The van der Waals surface area contributed by atoms with Crippen LogP contribution in [0.15, 0.2) is 30.3 Å². The Balaban J connectivity index is 1.65. The smallest absolute Gasteiger partial charge is 0.227 e. The molecule has 0 bridgehead atoms. The van der Waals surface area contributed by atoms with Crippen molar-refractivity contribution in [2.45, 2.75) is 19.3 Å². The molecular weight excluding hydrogens is 276 g/mol. The van der Waals surface area contributed by atoms with Gasteiger partial charge in [0.25, 0.3) is 0 Å². The zero-order valence-corrected chi connectivity index (χ0v) is 13.5. The zero-order valence-electron chi connectivity index (χ0n) is 13.5. The van der Waals surface area contributed by atoms with Gasteiger partial charge in [0.2, 0.25) is 5.91 Å². The lowest BCUT2D eigenvalue weighted by atomic mass is 9.80. The molecule has 3 rings (SSSR count). The first-order chi connectivity index (χ1) is 10.7. The van der Waals surface area contributed by atoms with E-state index in [9.17, 15) is 4.79 Å². The largest absolute Gasteiger partial charge is 0.379 e. The molecule has 2 heterocycles. The molecule has 2 aliphatic rings. The molecule has 1 aromatic rings. The van der Waals surface area contributed by atoms with E-state index in [1.807, 2.05) is 30.3 Å². The summed E-state index contributed by atoms with van der Waals surface area (Å²) in [5.74, 6) is 0.247. The highest BCUT2D eigenvalue weighted by Crippen LogP contribution is 2.32. The SMILES string of the molecule is CN1CCOCC2(CCCN(C(=O)Cc3ccccc3)C2)C1. The van der Waals surface area contributed by atoms with Crippen molar-refractivity contribution in [3.8, 4) is 0 Å².